The molecule has 0 atom stereocenters. The topological polar surface area (TPSA) is 102 Å². The molecular formula is C25H29N3O5. The van der Waals surface area contributed by atoms with Crippen molar-refractivity contribution in [2.75, 3.05) is 25.1 Å². The van der Waals surface area contributed by atoms with Gasteiger partial charge in [-0.25, -0.2) is 0 Å². The number of unbranched alkanes of at least 4 members (excludes halogenated alkanes) is 1. The molecule has 1 aliphatic rings. The van der Waals surface area contributed by atoms with Gasteiger partial charge in [-0.1, -0.05) is 19.4 Å². The molecule has 0 fully saturated rings. The van der Waals surface area contributed by atoms with E-state index in [2.05, 4.69) is 12.2 Å². The van der Waals surface area contributed by atoms with Gasteiger partial charge in [0.2, 0.25) is 0 Å². The number of ether oxygens (including phenoxy) is 1. The van der Waals surface area contributed by atoms with E-state index in [1.807, 2.05) is 32.0 Å². The summed E-state index contributed by atoms with van der Waals surface area (Å²) in [6.07, 6.45) is 2.54. The molecule has 2 amide bonds. The first-order valence-corrected chi connectivity index (χ1v) is 11.1. The number of rotatable bonds is 11. The van der Waals surface area contributed by atoms with E-state index in [1.165, 1.54) is 29.2 Å². The van der Waals surface area contributed by atoms with Gasteiger partial charge < -0.3 is 10.1 Å². The van der Waals surface area contributed by atoms with Crippen LogP contribution < -0.4 is 5.32 Å². The van der Waals surface area contributed by atoms with E-state index in [0.717, 1.165) is 24.0 Å². The predicted octanol–water partition coefficient (Wildman–Crippen LogP) is 4.61. The number of anilines is 1. The van der Waals surface area contributed by atoms with E-state index in [1.54, 1.807) is 0 Å². The minimum atomic E-state index is -0.501. The van der Waals surface area contributed by atoms with Crippen molar-refractivity contribution in [3.8, 4) is 0 Å². The number of hydrogen-bond acceptors (Lipinski definition) is 6. The monoisotopic (exact) mass is 451 g/mol. The number of hydrogen-bond donors (Lipinski definition) is 1. The van der Waals surface area contributed by atoms with Crippen LogP contribution >= 0.6 is 0 Å². The lowest BCUT2D eigenvalue weighted by molar-refractivity contribution is -0.384. The van der Waals surface area contributed by atoms with Crippen molar-refractivity contribution in [2.45, 2.75) is 40.0 Å². The molecule has 0 aromatic heterocycles. The molecule has 0 aliphatic carbocycles. The molecule has 8 nitrogen and oxygen atoms in total. The van der Waals surface area contributed by atoms with Crippen LogP contribution in [-0.4, -0.2) is 41.4 Å². The summed E-state index contributed by atoms with van der Waals surface area (Å²) in [5.41, 5.74) is 3.61. The maximum atomic E-state index is 13.3. The van der Waals surface area contributed by atoms with Crippen LogP contribution in [-0.2, 0) is 14.3 Å². The second kappa shape index (κ2) is 10.9. The van der Waals surface area contributed by atoms with Crippen LogP contribution in [0.3, 0.4) is 0 Å². The Morgan fingerprint density at radius 2 is 1.67 bits per heavy atom. The summed E-state index contributed by atoms with van der Waals surface area (Å²) in [6.45, 7) is 7.40. The third-order valence-electron chi connectivity index (χ3n) is 5.62. The Hall–Kier alpha value is -3.52. The van der Waals surface area contributed by atoms with Gasteiger partial charge in [0.15, 0.2) is 0 Å². The lowest BCUT2D eigenvalue weighted by atomic mass is 10.0. The van der Waals surface area contributed by atoms with Gasteiger partial charge in [0.25, 0.3) is 17.5 Å². The van der Waals surface area contributed by atoms with Crippen LogP contribution in [0.4, 0.5) is 11.4 Å². The van der Waals surface area contributed by atoms with Crippen molar-refractivity contribution in [1.29, 1.82) is 0 Å². The minimum absolute atomic E-state index is 0.0825. The Morgan fingerprint density at radius 1 is 0.970 bits per heavy atom. The Kier molecular flexibility index (Phi) is 7.95. The van der Waals surface area contributed by atoms with Gasteiger partial charge in [-0.15, -0.1) is 0 Å². The summed E-state index contributed by atoms with van der Waals surface area (Å²) >= 11 is 0. The Morgan fingerprint density at radius 3 is 2.30 bits per heavy atom. The Labute approximate surface area is 193 Å². The highest BCUT2D eigenvalue weighted by atomic mass is 16.6. The van der Waals surface area contributed by atoms with E-state index in [4.69, 9.17) is 4.74 Å². The van der Waals surface area contributed by atoms with Crippen LogP contribution in [0.2, 0.25) is 0 Å². The summed E-state index contributed by atoms with van der Waals surface area (Å²) in [6, 6.07) is 11.4. The average Bonchev–Trinajstić information content (AvgIpc) is 3.02. The smallest absolute Gasteiger partial charge is 0.278 e. The first-order chi connectivity index (χ1) is 15.8. The number of nitrogens with zero attached hydrogens (tertiary/aromatic N) is 2. The minimum Gasteiger partial charge on any atom is -0.381 e. The molecular weight excluding hydrogens is 422 g/mol. The quantitative estimate of drug-likeness (QED) is 0.232. The zero-order valence-electron chi connectivity index (χ0n) is 19.2. The average molecular weight is 452 g/mol. The van der Waals surface area contributed by atoms with E-state index in [9.17, 15) is 19.7 Å². The number of carbonyl (C=O) groups is 2. The van der Waals surface area contributed by atoms with Crippen molar-refractivity contribution in [1.82, 2.24) is 4.90 Å². The first-order valence-electron chi connectivity index (χ1n) is 11.1. The van der Waals surface area contributed by atoms with Crippen molar-refractivity contribution < 1.29 is 19.2 Å². The maximum Gasteiger partial charge on any atom is 0.278 e. The number of aryl methyl sites for hydroxylation is 2. The van der Waals surface area contributed by atoms with Gasteiger partial charge in [0.05, 0.1) is 10.5 Å². The van der Waals surface area contributed by atoms with Crippen molar-refractivity contribution >= 4 is 28.8 Å². The van der Waals surface area contributed by atoms with Gasteiger partial charge in [0.1, 0.15) is 5.70 Å². The molecule has 2 aromatic rings. The first kappa shape index (κ1) is 24.1. The van der Waals surface area contributed by atoms with E-state index >= 15 is 0 Å². The van der Waals surface area contributed by atoms with Gasteiger partial charge in [0, 0.05) is 37.6 Å². The molecule has 174 valence electrons. The molecule has 2 aromatic carbocycles. The molecule has 1 N–H and O–H groups in total. The lowest BCUT2D eigenvalue weighted by Gasteiger charge is -2.15. The highest BCUT2D eigenvalue weighted by Crippen LogP contribution is 2.32. The SMILES string of the molecule is CCCCOCCCN1C(=O)C(Nc2ccc(C)c(C)c2)=C(c2ccc([N+](=O)[O-])cc2)C1=O. The third-order valence-corrected chi connectivity index (χ3v) is 5.62. The molecule has 8 heteroatoms. The van der Waals surface area contributed by atoms with Gasteiger partial charge in [-0.3, -0.25) is 24.6 Å². The summed E-state index contributed by atoms with van der Waals surface area (Å²) in [5, 5.41) is 14.1. The second-order valence-electron chi connectivity index (χ2n) is 8.06. The highest BCUT2D eigenvalue weighted by Gasteiger charge is 2.39. The zero-order valence-corrected chi connectivity index (χ0v) is 19.2. The zero-order chi connectivity index (χ0) is 24.0. The van der Waals surface area contributed by atoms with Crippen LogP contribution in [0.25, 0.3) is 5.57 Å². The molecule has 3 rings (SSSR count). The number of carbonyl (C=O) groups excluding carboxylic acids is 2. The number of nitro benzene ring substituents is 1. The van der Waals surface area contributed by atoms with Crippen LogP contribution in [0.1, 0.15) is 42.9 Å². The summed E-state index contributed by atoms with van der Waals surface area (Å²) in [7, 11) is 0. The molecule has 1 aliphatic heterocycles. The number of non-ortho nitro benzene ring substituents is 1. The maximum absolute atomic E-state index is 13.3. The Balaban J connectivity index is 1.87. The van der Waals surface area contributed by atoms with Gasteiger partial charge >= 0.3 is 0 Å². The fourth-order valence-corrected chi connectivity index (χ4v) is 3.55. The number of nitro groups is 1. The summed E-state index contributed by atoms with van der Waals surface area (Å²) in [5.74, 6) is -0.839. The van der Waals surface area contributed by atoms with Crippen molar-refractivity contribution in [2.24, 2.45) is 0 Å². The third kappa shape index (κ3) is 5.64. The van der Waals surface area contributed by atoms with E-state index in [-0.39, 0.29) is 23.5 Å². The molecule has 0 spiro atoms. The fourth-order valence-electron chi connectivity index (χ4n) is 3.55. The molecule has 0 saturated carbocycles. The lowest BCUT2D eigenvalue weighted by Crippen LogP contribution is -2.34. The van der Waals surface area contributed by atoms with Crippen molar-refractivity contribution in [3.05, 3.63) is 75.0 Å². The fraction of sp³-hybridized carbons (Fsp3) is 0.360. The summed E-state index contributed by atoms with van der Waals surface area (Å²) < 4.78 is 5.56. The molecule has 33 heavy (non-hydrogen) atoms. The molecule has 0 saturated heterocycles. The highest BCUT2D eigenvalue weighted by molar-refractivity contribution is 6.36. The number of nitrogens with one attached hydrogen (secondary N) is 1. The molecule has 1 heterocycles. The van der Waals surface area contributed by atoms with Crippen LogP contribution in [0, 0.1) is 24.0 Å². The van der Waals surface area contributed by atoms with Crippen molar-refractivity contribution in [3.63, 3.8) is 0 Å². The Bertz CT molecular complexity index is 1080. The number of amides is 2. The standard InChI is InChI=1S/C25H29N3O5/c1-4-5-14-33-15-6-13-27-24(29)22(19-8-11-21(12-9-19)28(31)32)23(25(27)30)26-20-10-7-17(2)18(3)16-20/h7-12,16,26H,4-6,13-15H2,1-3H3. The number of benzene rings is 2. The van der Waals surface area contributed by atoms with Gasteiger partial charge in [-0.05, 0) is 67.6 Å². The second-order valence-corrected chi connectivity index (χ2v) is 8.06. The van der Waals surface area contributed by atoms with Crippen LogP contribution in [0.5, 0.6) is 0 Å². The van der Waals surface area contributed by atoms with Crippen LogP contribution in [0.15, 0.2) is 48.2 Å². The normalized spacial score (nSPS) is 13.7. The van der Waals surface area contributed by atoms with Gasteiger partial charge in [-0.2, -0.15) is 0 Å². The van der Waals surface area contributed by atoms with E-state index in [0.29, 0.717) is 30.9 Å². The number of imide groups is 1. The molecule has 0 bridgehead atoms. The predicted molar refractivity (Wildman–Crippen MR) is 127 cm³/mol. The summed E-state index contributed by atoms with van der Waals surface area (Å²) in [4.78, 5) is 38.2. The molecule has 0 radical (unpaired) electrons. The van der Waals surface area contributed by atoms with E-state index < -0.39 is 16.7 Å². The molecule has 0 unspecified atom stereocenters. The largest absolute Gasteiger partial charge is 0.381 e.